The van der Waals surface area contributed by atoms with Crippen molar-refractivity contribution in [1.29, 1.82) is 0 Å². The average Bonchev–Trinajstić information content (AvgIpc) is 3.01. The molecule has 134 valence electrons. The number of ketones is 1. The van der Waals surface area contributed by atoms with Crippen LogP contribution in [0.1, 0.15) is 27.6 Å². The number of nitrogens with zero attached hydrogens (tertiary/aromatic N) is 2. The van der Waals surface area contributed by atoms with Crippen molar-refractivity contribution in [3.8, 4) is 0 Å². The third-order valence-electron chi connectivity index (χ3n) is 2.96. The van der Waals surface area contributed by atoms with Gasteiger partial charge in [-0.3, -0.25) is 4.79 Å². The van der Waals surface area contributed by atoms with Gasteiger partial charge in [-0.1, -0.05) is 41.6 Å². The van der Waals surface area contributed by atoms with Crippen molar-refractivity contribution in [2.24, 2.45) is 0 Å². The quantitative estimate of drug-likeness (QED) is 0.329. The van der Waals surface area contributed by atoms with Crippen LogP contribution in [-0.4, -0.2) is 42.2 Å². The predicted octanol–water partition coefficient (Wildman–Crippen LogP) is 2.47. The van der Waals surface area contributed by atoms with E-state index in [9.17, 15) is 9.59 Å². The van der Waals surface area contributed by atoms with Crippen LogP contribution in [0, 0.1) is 13.8 Å². The Hall–Kier alpha value is -2.80. The number of carbonyl (C=O) groups excluding carboxylic acids is 2. The van der Waals surface area contributed by atoms with E-state index in [1.54, 1.807) is 14.0 Å². The first-order valence-corrected chi connectivity index (χ1v) is 7.63. The van der Waals surface area contributed by atoms with Crippen LogP contribution in [0.5, 0.6) is 0 Å². The number of hydrogen-bond acceptors (Lipinski definition) is 7. The van der Waals surface area contributed by atoms with Gasteiger partial charge < -0.3 is 14.0 Å². The van der Waals surface area contributed by atoms with Gasteiger partial charge in [0.05, 0.1) is 13.0 Å². The Labute approximate surface area is 146 Å². The fourth-order valence-corrected chi connectivity index (χ4v) is 1.68. The second kappa shape index (κ2) is 10.9. The van der Waals surface area contributed by atoms with Crippen molar-refractivity contribution < 1.29 is 23.6 Å². The van der Waals surface area contributed by atoms with Gasteiger partial charge in [-0.15, -0.1) is 0 Å². The topological polar surface area (TPSA) is 91.5 Å². The summed E-state index contributed by atoms with van der Waals surface area (Å²) in [6.45, 7) is 7.63. The Morgan fingerprint density at radius 1 is 1.20 bits per heavy atom. The third-order valence-corrected chi connectivity index (χ3v) is 2.96. The minimum atomic E-state index is -0.410. The molecule has 0 amide bonds. The lowest BCUT2D eigenvalue weighted by atomic mass is 10.1. The molecule has 1 heterocycles. The number of esters is 1. The minimum Gasteiger partial charge on any atom is -0.460 e. The summed E-state index contributed by atoms with van der Waals surface area (Å²) in [5.41, 5.74) is 1.81. The molecule has 0 aliphatic heterocycles. The second-order valence-electron chi connectivity index (χ2n) is 5.06. The molecule has 0 N–H and O–H groups in total. The molecule has 0 radical (unpaired) electrons. The number of carbonyl (C=O) groups is 2. The zero-order chi connectivity index (χ0) is 18.7. The largest absolute Gasteiger partial charge is 0.460 e. The fourth-order valence-electron chi connectivity index (χ4n) is 1.68. The molecule has 0 atom stereocenters. The van der Waals surface area contributed by atoms with Crippen LogP contribution in [0.2, 0.25) is 0 Å². The number of benzene rings is 1. The van der Waals surface area contributed by atoms with E-state index in [2.05, 4.69) is 26.2 Å². The summed E-state index contributed by atoms with van der Waals surface area (Å²) < 4.78 is 14.0. The van der Waals surface area contributed by atoms with Crippen LogP contribution in [0.15, 0.2) is 41.4 Å². The molecule has 0 saturated carbocycles. The van der Waals surface area contributed by atoms with Crippen molar-refractivity contribution in [3.63, 3.8) is 0 Å². The van der Waals surface area contributed by atoms with Gasteiger partial charge in [-0.25, -0.2) is 4.79 Å². The first-order chi connectivity index (χ1) is 12.0. The number of aromatic nitrogens is 2. The molecule has 0 spiro atoms. The highest BCUT2D eigenvalue weighted by atomic mass is 16.6. The molecule has 7 heteroatoms. The van der Waals surface area contributed by atoms with E-state index in [1.165, 1.54) is 0 Å². The van der Waals surface area contributed by atoms with Gasteiger partial charge in [0.2, 0.25) is 5.89 Å². The van der Waals surface area contributed by atoms with E-state index < -0.39 is 5.97 Å². The molecule has 0 bridgehead atoms. The van der Waals surface area contributed by atoms with Crippen LogP contribution < -0.4 is 0 Å². The second-order valence-corrected chi connectivity index (χ2v) is 5.06. The number of aryl methyl sites for hydroxylation is 2. The van der Waals surface area contributed by atoms with E-state index in [0.29, 0.717) is 30.5 Å². The maximum Gasteiger partial charge on any atom is 0.330 e. The molecule has 2 rings (SSSR count). The number of methoxy groups -OCH3 is 1. The van der Waals surface area contributed by atoms with Crippen molar-refractivity contribution >= 4 is 11.8 Å². The lowest BCUT2D eigenvalue weighted by Crippen LogP contribution is -2.06. The SMILES string of the molecule is C=CC(=O)OCCOC.Cc1ccc(C(=O)Cc2noc(C)n2)cc1. The Bertz CT molecular complexity index is 692. The van der Waals surface area contributed by atoms with Gasteiger partial charge in [0.25, 0.3) is 0 Å². The monoisotopic (exact) mass is 346 g/mol. The summed E-state index contributed by atoms with van der Waals surface area (Å²) in [5.74, 6) is 0.502. The Morgan fingerprint density at radius 2 is 1.88 bits per heavy atom. The van der Waals surface area contributed by atoms with Crippen molar-refractivity contribution in [3.05, 3.63) is 59.8 Å². The molecule has 0 aliphatic rings. The minimum absolute atomic E-state index is 0.000741. The summed E-state index contributed by atoms with van der Waals surface area (Å²) in [6, 6.07) is 7.44. The van der Waals surface area contributed by atoms with E-state index in [4.69, 9.17) is 4.52 Å². The van der Waals surface area contributed by atoms with Crippen LogP contribution in [-0.2, 0) is 20.7 Å². The Kier molecular flexibility index (Phi) is 8.81. The van der Waals surface area contributed by atoms with E-state index in [0.717, 1.165) is 11.6 Å². The highest BCUT2D eigenvalue weighted by Gasteiger charge is 2.10. The molecule has 1 aromatic carbocycles. The average molecular weight is 346 g/mol. The van der Waals surface area contributed by atoms with Crippen LogP contribution >= 0.6 is 0 Å². The summed E-state index contributed by atoms with van der Waals surface area (Å²) in [5, 5.41) is 3.69. The number of ether oxygens (including phenoxy) is 2. The fraction of sp³-hybridized carbons (Fsp3) is 0.333. The molecule has 7 nitrogen and oxygen atoms in total. The maximum atomic E-state index is 11.8. The van der Waals surface area contributed by atoms with E-state index in [-0.39, 0.29) is 12.2 Å². The molecular formula is C18H22N2O5. The molecule has 1 aromatic heterocycles. The van der Waals surface area contributed by atoms with Crippen molar-refractivity contribution in [2.45, 2.75) is 20.3 Å². The normalized spacial score (nSPS) is 9.72. The highest BCUT2D eigenvalue weighted by molar-refractivity contribution is 5.97. The molecule has 0 unspecified atom stereocenters. The Balaban J connectivity index is 0.000000299. The summed E-state index contributed by atoms with van der Waals surface area (Å²) in [7, 11) is 1.54. The van der Waals surface area contributed by atoms with Crippen molar-refractivity contribution in [2.75, 3.05) is 20.3 Å². The zero-order valence-corrected chi connectivity index (χ0v) is 14.7. The molecule has 0 fully saturated rings. The number of hydrogen-bond donors (Lipinski definition) is 0. The standard InChI is InChI=1S/C12H12N2O2.C6H10O3/c1-8-3-5-10(6-4-8)11(15)7-12-13-9(2)16-14-12;1-3-6(7)9-5-4-8-2/h3-6H,7H2,1-2H3;3H,1,4-5H2,2H3. The van der Waals surface area contributed by atoms with Gasteiger partial charge in [0.1, 0.15) is 6.61 Å². The van der Waals surface area contributed by atoms with Gasteiger partial charge in [-0.05, 0) is 6.92 Å². The van der Waals surface area contributed by atoms with E-state index in [1.807, 2.05) is 31.2 Å². The summed E-state index contributed by atoms with van der Waals surface area (Å²) in [6.07, 6.45) is 1.30. The summed E-state index contributed by atoms with van der Waals surface area (Å²) >= 11 is 0. The first-order valence-electron chi connectivity index (χ1n) is 7.63. The lowest BCUT2D eigenvalue weighted by molar-refractivity contribution is -0.138. The molecule has 0 saturated heterocycles. The summed E-state index contributed by atoms with van der Waals surface area (Å²) in [4.78, 5) is 26.1. The van der Waals surface area contributed by atoms with Crippen LogP contribution in [0.4, 0.5) is 0 Å². The van der Waals surface area contributed by atoms with E-state index >= 15 is 0 Å². The lowest BCUT2D eigenvalue weighted by Gasteiger charge is -1.98. The first kappa shape index (κ1) is 20.2. The zero-order valence-electron chi connectivity index (χ0n) is 14.7. The van der Waals surface area contributed by atoms with Crippen molar-refractivity contribution in [1.82, 2.24) is 10.1 Å². The van der Waals surface area contributed by atoms with Crippen LogP contribution in [0.3, 0.4) is 0 Å². The van der Waals surface area contributed by atoms with Gasteiger partial charge in [0.15, 0.2) is 11.6 Å². The Morgan fingerprint density at radius 3 is 2.40 bits per heavy atom. The number of rotatable bonds is 7. The maximum absolute atomic E-state index is 11.8. The van der Waals surface area contributed by atoms with Gasteiger partial charge in [-0.2, -0.15) is 4.98 Å². The highest BCUT2D eigenvalue weighted by Crippen LogP contribution is 2.07. The van der Waals surface area contributed by atoms with Gasteiger partial charge in [0, 0.05) is 25.7 Å². The molecule has 25 heavy (non-hydrogen) atoms. The molecular weight excluding hydrogens is 324 g/mol. The van der Waals surface area contributed by atoms with Gasteiger partial charge >= 0.3 is 5.97 Å². The van der Waals surface area contributed by atoms with Crippen LogP contribution in [0.25, 0.3) is 0 Å². The molecule has 0 aliphatic carbocycles. The third kappa shape index (κ3) is 8.03. The number of Topliss-reactive ketones (excluding diaryl/α,β-unsaturated/α-hetero) is 1. The molecule has 2 aromatic rings. The predicted molar refractivity (Wildman–Crippen MR) is 91.3 cm³/mol. The smallest absolute Gasteiger partial charge is 0.330 e.